The zero-order chi connectivity index (χ0) is 16.6. The van der Waals surface area contributed by atoms with Crippen LogP contribution >= 0.6 is 0 Å². The van der Waals surface area contributed by atoms with Gasteiger partial charge in [-0.3, -0.25) is 0 Å². The standard InChI is InChI=1S/C21H24NO2/c1-23-21-12-10-17(11-13-21)16-24-22-15-18-6-5-9-20(14-18)19-7-3-2-4-8-19/h5-6,9-14,19H,2-4,7-8,16H2,1H3. The molecule has 1 fully saturated rings. The van der Waals surface area contributed by atoms with Crippen molar-refractivity contribution in [3.8, 4) is 5.75 Å². The van der Waals surface area contributed by atoms with Gasteiger partial charge >= 0.3 is 0 Å². The Labute approximate surface area is 144 Å². The van der Waals surface area contributed by atoms with Gasteiger partial charge in [-0.1, -0.05) is 54.8 Å². The van der Waals surface area contributed by atoms with Crippen molar-refractivity contribution in [1.82, 2.24) is 0 Å². The SMILES string of the molecule is COc1ccc(CO/N=[C]\c2cccc(C3CCCCC3)c2)cc1. The maximum atomic E-state index is 5.36. The molecule has 0 heterocycles. The summed E-state index contributed by atoms with van der Waals surface area (Å²) in [6, 6.07) is 16.3. The largest absolute Gasteiger partial charge is 0.497 e. The van der Waals surface area contributed by atoms with E-state index in [0.717, 1.165) is 16.9 Å². The van der Waals surface area contributed by atoms with Crippen LogP contribution in [0.2, 0.25) is 0 Å². The monoisotopic (exact) mass is 322 g/mol. The van der Waals surface area contributed by atoms with E-state index in [9.17, 15) is 0 Å². The van der Waals surface area contributed by atoms with E-state index in [0.29, 0.717) is 12.5 Å². The van der Waals surface area contributed by atoms with Crippen LogP contribution in [0.5, 0.6) is 5.75 Å². The zero-order valence-electron chi connectivity index (χ0n) is 14.2. The van der Waals surface area contributed by atoms with Crippen molar-refractivity contribution in [2.75, 3.05) is 7.11 Å². The number of hydrogen-bond acceptors (Lipinski definition) is 3. The second kappa shape index (κ2) is 8.53. The van der Waals surface area contributed by atoms with Crippen molar-refractivity contribution in [1.29, 1.82) is 0 Å². The highest BCUT2D eigenvalue weighted by molar-refractivity contribution is 5.79. The van der Waals surface area contributed by atoms with Crippen molar-refractivity contribution in [2.45, 2.75) is 44.6 Å². The molecule has 0 amide bonds. The van der Waals surface area contributed by atoms with Crippen LogP contribution in [0, 0.1) is 0 Å². The van der Waals surface area contributed by atoms with Crippen LogP contribution in [-0.4, -0.2) is 13.3 Å². The zero-order valence-corrected chi connectivity index (χ0v) is 14.2. The third kappa shape index (κ3) is 4.60. The number of rotatable bonds is 6. The van der Waals surface area contributed by atoms with Crippen LogP contribution in [0.3, 0.4) is 0 Å². The van der Waals surface area contributed by atoms with Gasteiger partial charge in [0.25, 0.3) is 0 Å². The van der Waals surface area contributed by atoms with Crippen molar-refractivity contribution < 1.29 is 9.57 Å². The maximum Gasteiger partial charge on any atom is 0.142 e. The van der Waals surface area contributed by atoms with E-state index in [2.05, 4.69) is 29.6 Å². The molecule has 0 saturated heterocycles. The topological polar surface area (TPSA) is 30.8 Å². The molecule has 0 bridgehead atoms. The van der Waals surface area contributed by atoms with E-state index in [1.54, 1.807) is 7.11 Å². The lowest BCUT2D eigenvalue weighted by atomic mass is 9.84. The van der Waals surface area contributed by atoms with Crippen molar-refractivity contribution in [2.24, 2.45) is 5.16 Å². The minimum Gasteiger partial charge on any atom is -0.497 e. The lowest BCUT2D eigenvalue weighted by molar-refractivity contribution is 0.132. The van der Waals surface area contributed by atoms with Gasteiger partial charge in [0.1, 0.15) is 18.6 Å². The average molecular weight is 322 g/mol. The van der Waals surface area contributed by atoms with Crippen LogP contribution < -0.4 is 4.74 Å². The fourth-order valence-corrected chi connectivity index (χ4v) is 3.21. The molecular weight excluding hydrogens is 298 g/mol. The molecule has 3 rings (SSSR count). The summed E-state index contributed by atoms with van der Waals surface area (Å²) in [5.41, 5.74) is 3.44. The molecular formula is C21H24NO2. The quantitative estimate of drug-likeness (QED) is 0.542. The fourth-order valence-electron chi connectivity index (χ4n) is 3.21. The fraction of sp³-hybridized carbons (Fsp3) is 0.381. The van der Waals surface area contributed by atoms with Crippen molar-refractivity contribution in [3.05, 3.63) is 65.2 Å². The summed E-state index contributed by atoms with van der Waals surface area (Å²) >= 11 is 0. The third-order valence-electron chi connectivity index (χ3n) is 4.59. The molecule has 0 spiro atoms. The van der Waals surface area contributed by atoms with E-state index >= 15 is 0 Å². The lowest BCUT2D eigenvalue weighted by Gasteiger charge is -2.22. The van der Waals surface area contributed by atoms with Gasteiger partial charge in [0.15, 0.2) is 0 Å². The molecule has 0 unspecified atom stereocenters. The molecule has 3 nitrogen and oxygen atoms in total. The van der Waals surface area contributed by atoms with Gasteiger partial charge in [-0.15, -0.1) is 0 Å². The van der Waals surface area contributed by atoms with Gasteiger partial charge < -0.3 is 9.57 Å². The number of nitrogens with zero attached hydrogens (tertiary/aromatic N) is 1. The third-order valence-corrected chi connectivity index (χ3v) is 4.59. The number of ether oxygens (including phenoxy) is 1. The smallest absolute Gasteiger partial charge is 0.142 e. The first-order valence-electron chi connectivity index (χ1n) is 8.66. The van der Waals surface area contributed by atoms with Gasteiger partial charge in [0, 0.05) is 5.56 Å². The first-order valence-corrected chi connectivity index (χ1v) is 8.66. The second-order valence-corrected chi connectivity index (χ2v) is 6.28. The van der Waals surface area contributed by atoms with E-state index in [-0.39, 0.29) is 0 Å². The molecule has 125 valence electrons. The van der Waals surface area contributed by atoms with E-state index in [4.69, 9.17) is 9.57 Å². The van der Waals surface area contributed by atoms with Gasteiger partial charge in [0.2, 0.25) is 0 Å². The Bertz CT molecular complexity index is 658. The Balaban J connectivity index is 1.54. The molecule has 2 aromatic rings. The highest BCUT2D eigenvalue weighted by Crippen LogP contribution is 2.32. The van der Waals surface area contributed by atoms with Crippen LogP contribution in [-0.2, 0) is 11.4 Å². The highest BCUT2D eigenvalue weighted by atomic mass is 16.6. The summed E-state index contributed by atoms with van der Waals surface area (Å²) in [5, 5.41) is 3.98. The van der Waals surface area contributed by atoms with Crippen molar-refractivity contribution in [3.63, 3.8) is 0 Å². The van der Waals surface area contributed by atoms with E-state index in [1.165, 1.54) is 37.7 Å². The molecule has 1 radical (unpaired) electrons. The Morgan fingerprint density at radius 1 is 1.04 bits per heavy atom. The molecule has 24 heavy (non-hydrogen) atoms. The van der Waals surface area contributed by atoms with Crippen LogP contribution in [0.1, 0.15) is 54.7 Å². The Morgan fingerprint density at radius 2 is 1.83 bits per heavy atom. The summed E-state index contributed by atoms with van der Waals surface area (Å²) in [6.07, 6.45) is 9.66. The minimum absolute atomic E-state index is 0.430. The molecule has 0 aromatic heterocycles. The molecule has 1 aliphatic rings. The Kier molecular flexibility index (Phi) is 5.89. The number of methoxy groups -OCH3 is 1. The normalized spacial score (nSPS) is 15.5. The lowest BCUT2D eigenvalue weighted by Crippen LogP contribution is -2.04. The van der Waals surface area contributed by atoms with Crippen LogP contribution in [0.25, 0.3) is 0 Å². The van der Waals surface area contributed by atoms with Gasteiger partial charge in [-0.2, -0.15) is 0 Å². The summed E-state index contributed by atoms with van der Waals surface area (Å²) in [4.78, 5) is 5.36. The molecule has 1 aliphatic carbocycles. The highest BCUT2D eigenvalue weighted by Gasteiger charge is 2.15. The summed E-state index contributed by atoms with van der Waals surface area (Å²) < 4.78 is 5.14. The molecule has 0 N–H and O–H groups in total. The van der Waals surface area contributed by atoms with Crippen LogP contribution in [0.4, 0.5) is 0 Å². The van der Waals surface area contributed by atoms with Crippen molar-refractivity contribution >= 4 is 6.21 Å². The average Bonchev–Trinajstić information content (AvgIpc) is 2.67. The minimum atomic E-state index is 0.430. The predicted molar refractivity (Wildman–Crippen MR) is 96.6 cm³/mol. The van der Waals surface area contributed by atoms with E-state index < -0.39 is 0 Å². The predicted octanol–water partition coefficient (Wildman–Crippen LogP) is 5.17. The summed E-state index contributed by atoms with van der Waals surface area (Å²) in [6.45, 7) is 0.430. The maximum absolute atomic E-state index is 5.36. The summed E-state index contributed by atoms with van der Waals surface area (Å²) in [5.74, 6) is 1.54. The molecule has 2 aromatic carbocycles. The Morgan fingerprint density at radius 3 is 2.58 bits per heavy atom. The molecule has 3 heteroatoms. The molecule has 0 aliphatic heterocycles. The number of benzene rings is 2. The first-order chi connectivity index (χ1) is 11.8. The Hall–Kier alpha value is -2.29. The van der Waals surface area contributed by atoms with E-state index in [1.807, 2.05) is 30.3 Å². The van der Waals surface area contributed by atoms with Gasteiger partial charge in [0.05, 0.1) is 7.11 Å². The van der Waals surface area contributed by atoms with Gasteiger partial charge in [-0.25, -0.2) is 0 Å². The second-order valence-electron chi connectivity index (χ2n) is 6.28. The summed E-state index contributed by atoms with van der Waals surface area (Å²) in [7, 11) is 1.66. The van der Waals surface area contributed by atoms with Gasteiger partial charge in [-0.05, 0) is 48.1 Å². The molecule has 1 saturated carbocycles. The first kappa shape index (κ1) is 16.6. The molecule has 0 atom stereocenters. The number of hydrogen-bond donors (Lipinski definition) is 0. The van der Waals surface area contributed by atoms with Crippen LogP contribution in [0.15, 0.2) is 53.7 Å².